The Morgan fingerprint density at radius 3 is 2.54 bits per heavy atom. The Morgan fingerprint density at radius 2 is 1.81 bits per heavy atom. The van der Waals surface area contributed by atoms with Crippen LogP contribution in [-0.4, -0.2) is 28.6 Å². The van der Waals surface area contributed by atoms with Crippen LogP contribution in [0.15, 0.2) is 48.7 Å². The van der Waals surface area contributed by atoms with Gasteiger partial charge < -0.3 is 14.2 Å². The van der Waals surface area contributed by atoms with Crippen LogP contribution in [0.4, 0.5) is 0 Å². The first-order valence-corrected chi connectivity index (χ1v) is 8.40. The molecule has 0 saturated carbocycles. The largest absolute Gasteiger partial charge is 0.479 e. The first-order valence-electron chi connectivity index (χ1n) is 8.40. The summed E-state index contributed by atoms with van der Waals surface area (Å²) in [6, 6.07) is 12.8. The van der Waals surface area contributed by atoms with Gasteiger partial charge in [0.1, 0.15) is 11.5 Å². The van der Waals surface area contributed by atoms with Crippen molar-refractivity contribution in [3.63, 3.8) is 0 Å². The molecule has 0 spiro atoms. The minimum Gasteiger partial charge on any atom is -0.479 e. The van der Waals surface area contributed by atoms with E-state index in [4.69, 9.17) is 14.2 Å². The fourth-order valence-corrected chi connectivity index (χ4v) is 2.37. The number of carbonyl (C=O) groups is 1. The molecular weight excluding hydrogens is 332 g/mol. The summed E-state index contributed by atoms with van der Waals surface area (Å²) >= 11 is 0. The van der Waals surface area contributed by atoms with Gasteiger partial charge in [-0.25, -0.2) is 14.8 Å². The van der Waals surface area contributed by atoms with Gasteiger partial charge in [-0.2, -0.15) is 0 Å². The molecule has 6 nitrogen and oxygen atoms in total. The first kappa shape index (κ1) is 17.7. The molecule has 6 heteroatoms. The topological polar surface area (TPSA) is 70.5 Å². The maximum absolute atomic E-state index is 11.6. The van der Waals surface area contributed by atoms with Crippen molar-refractivity contribution in [2.75, 3.05) is 6.61 Å². The Balaban J connectivity index is 1.67. The number of esters is 1. The Kier molecular flexibility index (Phi) is 5.31. The molecule has 0 N–H and O–H groups in total. The fraction of sp³-hybridized carbons (Fsp3) is 0.250. The molecule has 3 aromatic rings. The van der Waals surface area contributed by atoms with E-state index in [0.29, 0.717) is 24.0 Å². The van der Waals surface area contributed by atoms with Gasteiger partial charge in [-0.05, 0) is 62.7 Å². The maximum Gasteiger partial charge on any atom is 0.347 e. The number of aromatic nitrogens is 2. The second-order valence-electron chi connectivity index (χ2n) is 5.79. The number of carbonyl (C=O) groups excluding carboxylic acids is 1. The van der Waals surface area contributed by atoms with E-state index in [1.165, 1.54) is 0 Å². The third-order valence-corrected chi connectivity index (χ3v) is 3.65. The minimum atomic E-state index is -0.670. The standard InChI is InChI=1S/C20H20N2O4/c1-4-24-20(23)14(3)25-15-6-8-16(9-7-15)26-19-12-21-18-11-13(2)5-10-17(18)22-19/h5-12,14H,4H2,1-3H3. The minimum absolute atomic E-state index is 0.325. The molecule has 0 amide bonds. The molecule has 3 rings (SSSR count). The van der Waals surface area contributed by atoms with Crippen LogP contribution >= 0.6 is 0 Å². The van der Waals surface area contributed by atoms with Gasteiger partial charge in [0.15, 0.2) is 6.10 Å². The summed E-state index contributed by atoms with van der Waals surface area (Å²) < 4.78 is 16.2. The lowest BCUT2D eigenvalue weighted by Crippen LogP contribution is -2.25. The summed E-state index contributed by atoms with van der Waals surface area (Å²) in [5.74, 6) is 1.17. The van der Waals surface area contributed by atoms with E-state index in [9.17, 15) is 4.79 Å². The number of fused-ring (bicyclic) bond motifs is 1. The number of aryl methyl sites for hydroxylation is 1. The van der Waals surface area contributed by atoms with Gasteiger partial charge in [0, 0.05) is 0 Å². The van der Waals surface area contributed by atoms with Crippen LogP contribution in [-0.2, 0) is 9.53 Å². The molecule has 134 valence electrons. The van der Waals surface area contributed by atoms with Crippen LogP contribution in [0.5, 0.6) is 17.4 Å². The van der Waals surface area contributed by atoms with Gasteiger partial charge in [0.2, 0.25) is 5.88 Å². The maximum atomic E-state index is 11.6. The predicted octanol–water partition coefficient (Wildman–Crippen LogP) is 4.06. The lowest BCUT2D eigenvalue weighted by Gasteiger charge is -2.13. The first-order chi connectivity index (χ1) is 12.5. The molecule has 0 saturated heterocycles. The molecule has 1 atom stereocenters. The molecule has 1 heterocycles. The van der Waals surface area contributed by atoms with Crippen molar-refractivity contribution in [2.24, 2.45) is 0 Å². The average Bonchev–Trinajstić information content (AvgIpc) is 2.63. The molecule has 26 heavy (non-hydrogen) atoms. The smallest absolute Gasteiger partial charge is 0.347 e. The van der Waals surface area contributed by atoms with E-state index in [0.717, 1.165) is 16.6 Å². The predicted molar refractivity (Wildman–Crippen MR) is 97.5 cm³/mol. The third-order valence-electron chi connectivity index (χ3n) is 3.65. The zero-order chi connectivity index (χ0) is 18.5. The molecule has 0 bridgehead atoms. The van der Waals surface area contributed by atoms with Crippen molar-refractivity contribution >= 4 is 17.0 Å². The van der Waals surface area contributed by atoms with E-state index < -0.39 is 12.1 Å². The van der Waals surface area contributed by atoms with Crippen molar-refractivity contribution in [3.05, 3.63) is 54.2 Å². The third kappa shape index (κ3) is 4.27. The second-order valence-corrected chi connectivity index (χ2v) is 5.79. The highest BCUT2D eigenvalue weighted by atomic mass is 16.6. The number of nitrogens with zero attached hydrogens (tertiary/aromatic N) is 2. The highest BCUT2D eigenvalue weighted by Crippen LogP contribution is 2.24. The number of hydrogen-bond acceptors (Lipinski definition) is 6. The average molecular weight is 352 g/mol. The van der Waals surface area contributed by atoms with Gasteiger partial charge in [-0.15, -0.1) is 0 Å². The van der Waals surface area contributed by atoms with Crippen molar-refractivity contribution in [1.29, 1.82) is 0 Å². The molecular formula is C20H20N2O4. The van der Waals surface area contributed by atoms with Crippen LogP contribution in [0.3, 0.4) is 0 Å². The van der Waals surface area contributed by atoms with Crippen LogP contribution in [0, 0.1) is 6.92 Å². The molecule has 0 aliphatic carbocycles. The molecule has 1 unspecified atom stereocenters. The van der Waals surface area contributed by atoms with E-state index in [1.807, 2.05) is 25.1 Å². The fourth-order valence-electron chi connectivity index (χ4n) is 2.37. The van der Waals surface area contributed by atoms with Gasteiger partial charge in [0.05, 0.1) is 23.8 Å². The van der Waals surface area contributed by atoms with E-state index in [2.05, 4.69) is 9.97 Å². The van der Waals surface area contributed by atoms with E-state index >= 15 is 0 Å². The lowest BCUT2D eigenvalue weighted by molar-refractivity contribution is -0.150. The summed E-state index contributed by atoms with van der Waals surface area (Å²) in [6.45, 7) is 5.74. The summed E-state index contributed by atoms with van der Waals surface area (Å²) in [4.78, 5) is 20.4. The summed E-state index contributed by atoms with van der Waals surface area (Å²) in [6.07, 6.45) is 0.922. The summed E-state index contributed by atoms with van der Waals surface area (Å²) in [5.41, 5.74) is 2.73. The van der Waals surface area contributed by atoms with Gasteiger partial charge in [0.25, 0.3) is 0 Å². The zero-order valence-corrected chi connectivity index (χ0v) is 14.9. The monoisotopic (exact) mass is 352 g/mol. The number of benzene rings is 2. The van der Waals surface area contributed by atoms with Gasteiger partial charge in [-0.1, -0.05) is 6.07 Å². The molecule has 0 fully saturated rings. The Labute approximate surface area is 151 Å². The summed E-state index contributed by atoms with van der Waals surface area (Å²) in [5, 5.41) is 0. The van der Waals surface area contributed by atoms with Crippen LogP contribution in [0.1, 0.15) is 19.4 Å². The number of ether oxygens (including phenoxy) is 3. The van der Waals surface area contributed by atoms with Gasteiger partial charge in [-0.3, -0.25) is 0 Å². The van der Waals surface area contributed by atoms with Crippen molar-refractivity contribution in [3.8, 4) is 17.4 Å². The summed E-state index contributed by atoms with van der Waals surface area (Å²) in [7, 11) is 0. The van der Waals surface area contributed by atoms with Crippen LogP contribution in [0.25, 0.3) is 11.0 Å². The molecule has 0 aliphatic heterocycles. The molecule has 0 radical (unpaired) electrons. The Morgan fingerprint density at radius 1 is 1.08 bits per heavy atom. The Hall–Kier alpha value is -3.15. The normalized spacial score (nSPS) is 11.8. The second kappa shape index (κ2) is 7.82. The van der Waals surface area contributed by atoms with Crippen LogP contribution in [0.2, 0.25) is 0 Å². The Bertz CT molecular complexity index is 909. The van der Waals surface area contributed by atoms with Crippen molar-refractivity contribution in [2.45, 2.75) is 26.9 Å². The van der Waals surface area contributed by atoms with E-state index in [-0.39, 0.29) is 0 Å². The number of rotatable bonds is 6. The van der Waals surface area contributed by atoms with Crippen molar-refractivity contribution in [1.82, 2.24) is 9.97 Å². The number of hydrogen-bond donors (Lipinski definition) is 0. The molecule has 1 aromatic heterocycles. The highest BCUT2D eigenvalue weighted by molar-refractivity contribution is 5.75. The molecule has 2 aromatic carbocycles. The zero-order valence-electron chi connectivity index (χ0n) is 14.9. The SMILES string of the molecule is CCOC(=O)C(C)Oc1ccc(Oc2cnc3cc(C)ccc3n2)cc1. The highest BCUT2D eigenvalue weighted by Gasteiger charge is 2.15. The lowest BCUT2D eigenvalue weighted by atomic mass is 10.2. The quantitative estimate of drug-likeness (QED) is 0.623. The van der Waals surface area contributed by atoms with E-state index in [1.54, 1.807) is 44.3 Å². The molecule has 0 aliphatic rings. The van der Waals surface area contributed by atoms with Crippen molar-refractivity contribution < 1.29 is 19.0 Å². The van der Waals surface area contributed by atoms with Crippen LogP contribution < -0.4 is 9.47 Å². The van der Waals surface area contributed by atoms with Gasteiger partial charge >= 0.3 is 5.97 Å².